The van der Waals surface area contributed by atoms with E-state index in [0.29, 0.717) is 12.0 Å². The highest BCUT2D eigenvalue weighted by atomic mass is 79.9. The van der Waals surface area contributed by atoms with Crippen molar-refractivity contribution in [3.63, 3.8) is 0 Å². The van der Waals surface area contributed by atoms with Crippen LogP contribution in [-0.4, -0.2) is 6.54 Å². The molecule has 2 atom stereocenters. The van der Waals surface area contributed by atoms with E-state index in [2.05, 4.69) is 52.8 Å². The normalized spacial score (nSPS) is 15.4. The van der Waals surface area contributed by atoms with Gasteiger partial charge in [0.2, 0.25) is 0 Å². The zero-order valence-electron chi connectivity index (χ0n) is 9.01. The third kappa shape index (κ3) is 2.81. The van der Waals surface area contributed by atoms with Crippen LogP contribution in [0.15, 0.2) is 15.2 Å². The summed E-state index contributed by atoms with van der Waals surface area (Å²) in [5, 5.41) is 7.95. The monoisotopic (exact) mass is 275 g/mol. The maximum atomic E-state index is 3.60. The second-order valence-electron chi connectivity index (χ2n) is 3.60. The predicted octanol–water partition coefficient (Wildman–Crippen LogP) is 4.21. The molecule has 0 fully saturated rings. The van der Waals surface area contributed by atoms with Crippen molar-refractivity contribution in [1.82, 2.24) is 5.32 Å². The largest absolute Gasteiger partial charge is 0.310 e. The van der Waals surface area contributed by atoms with Gasteiger partial charge in [0.25, 0.3) is 0 Å². The minimum atomic E-state index is 0.491. The average molecular weight is 276 g/mol. The fraction of sp³-hybridized carbons (Fsp3) is 0.636. The number of rotatable bonds is 5. The first-order valence-corrected chi connectivity index (χ1v) is 6.89. The van der Waals surface area contributed by atoms with Crippen molar-refractivity contribution in [2.24, 2.45) is 5.92 Å². The van der Waals surface area contributed by atoms with Crippen molar-refractivity contribution in [1.29, 1.82) is 0 Å². The molecule has 1 nitrogen and oxygen atoms in total. The molecule has 0 spiro atoms. The topological polar surface area (TPSA) is 12.0 Å². The van der Waals surface area contributed by atoms with Crippen molar-refractivity contribution < 1.29 is 0 Å². The molecule has 1 heterocycles. The maximum Gasteiger partial charge on any atom is 0.0365 e. The van der Waals surface area contributed by atoms with Gasteiger partial charge in [0, 0.05) is 15.9 Å². The third-order valence-electron chi connectivity index (χ3n) is 2.61. The molecule has 2 unspecified atom stereocenters. The van der Waals surface area contributed by atoms with Gasteiger partial charge in [-0.1, -0.05) is 27.2 Å². The fourth-order valence-corrected chi connectivity index (χ4v) is 3.17. The van der Waals surface area contributed by atoms with Gasteiger partial charge in [-0.25, -0.2) is 0 Å². The van der Waals surface area contributed by atoms with Gasteiger partial charge in [0.1, 0.15) is 0 Å². The molecule has 1 rings (SSSR count). The van der Waals surface area contributed by atoms with Crippen LogP contribution in [0, 0.1) is 5.92 Å². The van der Waals surface area contributed by atoms with Crippen LogP contribution in [-0.2, 0) is 0 Å². The van der Waals surface area contributed by atoms with Crippen LogP contribution in [0.4, 0.5) is 0 Å². The maximum absolute atomic E-state index is 3.60. The number of hydrogen-bond acceptors (Lipinski definition) is 2. The highest BCUT2D eigenvalue weighted by molar-refractivity contribution is 9.10. The first kappa shape index (κ1) is 12.2. The third-order valence-corrected chi connectivity index (χ3v) is 4.37. The van der Waals surface area contributed by atoms with E-state index >= 15 is 0 Å². The van der Waals surface area contributed by atoms with E-state index in [1.54, 1.807) is 11.3 Å². The Morgan fingerprint density at radius 2 is 2.14 bits per heavy atom. The summed E-state index contributed by atoms with van der Waals surface area (Å²) in [5.74, 6) is 0.681. The van der Waals surface area contributed by atoms with E-state index < -0.39 is 0 Å². The first-order chi connectivity index (χ1) is 6.70. The lowest BCUT2D eigenvalue weighted by Gasteiger charge is -2.23. The van der Waals surface area contributed by atoms with E-state index in [4.69, 9.17) is 0 Å². The molecule has 0 saturated carbocycles. The number of hydrogen-bond donors (Lipinski definition) is 1. The molecular formula is C11H18BrNS. The van der Waals surface area contributed by atoms with Crippen LogP contribution < -0.4 is 5.32 Å². The van der Waals surface area contributed by atoms with Crippen molar-refractivity contribution >= 4 is 27.3 Å². The molecular weight excluding hydrogens is 258 g/mol. The molecule has 3 heteroatoms. The lowest BCUT2D eigenvalue weighted by atomic mass is 9.94. The van der Waals surface area contributed by atoms with E-state index in [9.17, 15) is 0 Å². The van der Waals surface area contributed by atoms with Gasteiger partial charge >= 0.3 is 0 Å². The van der Waals surface area contributed by atoms with Crippen molar-refractivity contribution in [3.05, 3.63) is 20.8 Å². The lowest BCUT2D eigenvalue weighted by Crippen LogP contribution is -2.26. The molecule has 0 aliphatic carbocycles. The van der Waals surface area contributed by atoms with Gasteiger partial charge in [-0.05, 0) is 39.3 Å². The zero-order chi connectivity index (χ0) is 10.6. The summed E-state index contributed by atoms with van der Waals surface area (Å²) in [4.78, 5) is 0. The SMILES string of the molecule is CCNC(c1cscc1Br)C(C)CC. The van der Waals surface area contributed by atoms with Crippen LogP contribution in [0.2, 0.25) is 0 Å². The molecule has 0 aromatic carbocycles. The molecule has 0 aliphatic rings. The van der Waals surface area contributed by atoms with E-state index in [1.165, 1.54) is 16.5 Å². The molecule has 0 amide bonds. The molecule has 1 aromatic rings. The average Bonchev–Trinajstić information content (AvgIpc) is 2.60. The molecule has 14 heavy (non-hydrogen) atoms. The predicted molar refractivity (Wildman–Crippen MR) is 67.9 cm³/mol. The summed E-state index contributed by atoms with van der Waals surface area (Å²) in [6, 6.07) is 0.491. The summed E-state index contributed by atoms with van der Waals surface area (Å²) in [7, 11) is 0. The smallest absolute Gasteiger partial charge is 0.0365 e. The number of halogens is 1. The van der Waals surface area contributed by atoms with Gasteiger partial charge in [-0.15, -0.1) is 0 Å². The van der Waals surface area contributed by atoms with Crippen molar-refractivity contribution in [2.45, 2.75) is 33.2 Å². The summed E-state index contributed by atoms with van der Waals surface area (Å²) < 4.78 is 1.24. The standard InChI is InChI=1S/C11H18BrNS/c1-4-8(3)11(13-5-2)9-6-14-7-10(9)12/h6-8,11,13H,4-5H2,1-3H3. The Balaban J connectivity index is 2.82. The summed E-state index contributed by atoms with van der Waals surface area (Å²) in [5.41, 5.74) is 1.41. The molecule has 80 valence electrons. The molecule has 1 N–H and O–H groups in total. The molecule has 1 aromatic heterocycles. The van der Waals surface area contributed by atoms with Crippen LogP contribution >= 0.6 is 27.3 Å². The van der Waals surface area contributed by atoms with Crippen molar-refractivity contribution in [2.75, 3.05) is 6.54 Å². The second kappa shape index (κ2) is 5.89. The minimum absolute atomic E-state index is 0.491. The Labute approximate surface area is 99.0 Å². The molecule has 0 saturated heterocycles. The Morgan fingerprint density at radius 1 is 1.43 bits per heavy atom. The summed E-state index contributed by atoms with van der Waals surface area (Å²) in [6.45, 7) is 7.74. The van der Waals surface area contributed by atoms with Gasteiger partial charge in [0.05, 0.1) is 0 Å². The van der Waals surface area contributed by atoms with Crippen LogP contribution in [0.1, 0.15) is 38.8 Å². The quantitative estimate of drug-likeness (QED) is 0.849. The van der Waals surface area contributed by atoms with Crippen LogP contribution in [0.25, 0.3) is 0 Å². The Bertz CT molecular complexity index is 272. The molecule has 0 bridgehead atoms. The van der Waals surface area contributed by atoms with Gasteiger partial charge in [0.15, 0.2) is 0 Å². The number of nitrogens with one attached hydrogen (secondary N) is 1. The van der Waals surface area contributed by atoms with Gasteiger partial charge < -0.3 is 5.32 Å². The Hall–Kier alpha value is 0.140. The van der Waals surface area contributed by atoms with E-state index in [0.717, 1.165) is 6.54 Å². The first-order valence-electron chi connectivity index (χ1n) is 5.15. The number of thiophene rings is 1. The Kier molecular flexibility index (Phi) is 5.13. The second-order valence-corrected chi connectivity index (χ2v) is 5.19. The van der Waals surface area contributed by atoms with E-state index in [-0.39, 0.29) is 0 Å². The van der Waals surface area contributed by atoms with Gasteiger partial charge in [-0.3, -0.25) is 0 Å². The summed E-state index contributed by atoms with van der Waals surface area (Å²) >= 11 is 5.37. The van der Waals surface area contributed by atoms with Crippen molar-refractivity contribution in [3.8, 4) is 0 Å². The highest BCUT2D eigenvalue weighted by Crippen LogP contribution is 2.32. The lowest BCUT2D eigenvalue weighted by molar-refractivity contribution is 0.383. The van der Waals surface area contributed by atoms with E-state index in [1.807, 2.05) is 0 Å². The fourth-order valence-electron chi connectivity index (χ4n) is 1.59. The van der Waals surface area contributed by atoms with Crippen LogP contribution in [0.3, 0.4) is 0 Å². The highest BCUT2D eigenvalue weighted by Gasteiger charge is 2.19. The van der Waals surface area contributed by atoms with Crippen LogP contribution in [0.5, 0.6) is 0 Å². The molecule has 0 aliphatic heterocycles. The Morgan fingerprint density at radius 3 is 2.57 bits per heavy atom. The summed E-state index contributed by atoms with van der Waals surface area (Å²) in [6.07, 6.45) is 1.21. The van der Waals surface area contributed by atoms with Gasteiger partial charge in [-0.2, -0.15) is 11.3 Å². The molecule has 0 radical (unpaired) electrons. The zero-order valence-corrected chi connectivity index (χ0v) is 11.4. The minimum Gasteiger partial charge on any atom is -0.310 e.